The molecule has 4 amide bonds. The lowest BCUT2D eigenvalue weighted by Crippen LogP contribution is -2.66. The minimum absolute atomic E-state index is 0.0361. The van der Waals surface area contributed by atoms with Gasteiger partial charge in [-0.3, -0.25) is 29.0 Å². The zero-order valence-electron chi connectivity index (χ0n) is 37.9. The van der Waals surface area contributed by atoms with E-state index in [2.05, 4.69) is 15.0 Å². The first-order valence-electron chi connectivity index (χ1n) is 22.2. The van der Waals surface area contributed by atoms with Crippen molar-refractivity contribution in [2.45, 2.75) is 133 Å². The highest BCUT2D eigenvalue weighted by molar-refractivity contribution is 7.91. The molecule has 1 aromatic carbocycles. The predicted molar refractivity (Wildman–Crippen MR) is 236 cm³/mol. The lowest BCUT2D eigenvalue weighted by atomic mass is 9.85. The van der Waals surface area contributed by atoms with E-state index in [0.717, 1.165) is 4.90 Å². The molecule has 3 aromatic rings. The number of carboxylic acid groups (broad SMARTS) is 1. The molecule has 1 saturated heterocycles. The van der Waals surface area contributed by atoms with E-state index in [0.29, 0.717) is 73.2 Å². The van der Waals surface area contributed by atoms with Crippen molar-refractivity contribution in [1.82, 2.24) is 29.8 Å². The summed E-state index contributed by atoms with van der Waals surface area (Å²) in [4.78, 5) is 67.6. The van der Waals surface area contributed by atoms with Gasteiger partial charge in [0.05, 0.1) is 42.6 Å². The van der Waals surface area contributed by atoms with Gasteiger partial charge >= 0.3 is 12.3 Å². The number of pyridine rings is 2. The fourth-order valence-corrected chi connectivity index (χ4v) is 10.4. The largest absolute Gasteiger partial charge is 0.497 e. The van der Waals surface area contributed by atoms with Crippen LogP contribution in [0.2, 0.25) is 0 Å². The maximum Gasteiger partial charge on any atom is 0.411 e. The number of carbonyl (C=O) groups excluding carboxylic acids is 3. The first-order valence-corrected chi connectivity index (χ1v) is 23.7. The molecule has 2 aliphatic heterocycles. The summed E-state index contributed by atoms with van der Waals surface area (Å²) in [5.41, 5.74) is -3.98. The minimum atomic E-state index is -5.12. The third kappa shape index (κ3) is 9.88. The standard InChI is InChI=1S/C46H57F3N6O10S/c1-25(2)64-31-13-17-35(50-23-31)36-20-28-19-30(63-7)12-16-34(28)40(51-36)65-32-21-37-39(56)52-45(42(58)53-66(61,62)33-14-15-33)22-29(45)11-9-8-10-26(3)18-27(4)38(41(57)54(37)24-32)55(43(59)60)44(5,6)46(47,48)49/h9,11-13,16-17,19-20,23,25-27,29,32-33,37-38H,8,10,14-15,18,21-22,24H2,1-7H3,(H,52,56)(H,53,58)(H,59,60)/t26-,27+,29+,32+,37-,38-,45+/m0/s1. The van der Waals surface area contributed by atoms with Gasteiger partial charge in [0, 0.05) is 17.7 Å². The highest BCUT2D eigenvalue weighted by atomic mass is 32.2. The van der Waals surface area contributed by atoms with Crippen LogP contribution in [0.25, 0.3) is 22.2 Å². The maximum atomic E-state index is 15.2. The number of ether oxygens (including phenoxy) is 3. The molecule has 2 aliphatic carbocycles. The van der Waals surface area contributed by atoms with E-state index < -0.39 is 92.9 Å². The molecule has 358 valence electrons. The number of halogens is 3. The smallest absolute Gasteiger partial charge is 0.411 e. The Hall–Kier alpha value is -5.66. The second-order valence-corrected chi connectivity index (χ2v) is 20.8. The van der Waals surface area contributed by atoms with E-state index in [1.807, 2.05) is 20.8 Å². The number of nitrogens with one attached hydrogen (secondary N) is 2. The van der Waals surface area contributed by atoms with Crippen molar-refractivity contribution < 1.29 is 60.1 Å². The predicted octanol–water partition coefficient (Wildman–Crippen LogP) is 6.63. The van der Waals surface area contributed by atoms with Gasteiger partial charge in [0.15, 0.2) is 0 Å². The Bertz CT molecular complexity index is 2500. The van der Waals surface area contributed by atoms with Gasteiger partial charge in [-0.2, -0.15) is 13.2 Å². The van der Waals surface area contributed by atoms with Crippen LogP contribution in [0.5, 0.6) is 17.4 Å². The van der Waals surface area contributed by atoms with E-state index >= 15 is 4.79 Å². The van der Waals surface area contributed by atoms with Gasteiger partial charge in [-0.05, 0) is 120 Å². The number of sulfonamides is 1. The molecule has 0 spiro atoms. The quantitative estimate of drug-likeness (QED) is 0.173. The average molecular weight is 943 g/mol. The number of aromatic nitrogens is 2. The molecule has 2 aromatic heterocycles. The molecule has 3 fully saturated rings. The fraction of sp³-hybridized carbons (Fsp3) is 0.565. The minimum Gasteiger partial charge on any atom is -0.497 e. The fourth-order valence-electron chi connectivity index (χ4n) is 9.07. The van der Waals surface area contributed by atoms with Gasteiger partial charge in [-0.15, -0.1) is 0 Å². The number of fused-ring (bicyclic) bond motifs is 3. The Labute approximate surface area is 381 Å². The zero-order valence-corrected chi connectivity index (χ0v) is 38.7. The average Bonchev–Trinajstić information content (AvgIpc) is 4.17. The summed E-state index contributed by atoms with van der Waals surface area (Å²) in [6, 6.07) is 6.91. The molecule has 4 aliphatic rings. The molecule has 66 heavy (non-hydrogen) atoms. The molecule has 7 rings (SSSR count). The summed E-state index contributed by atoms with van der Waals surface area (Å²) < 4.78 is 90.6. The van der Waals surface area contributed by atoms with Gasteiger partial charge in [0.1, 0.15) is 40.8 Å². The molecule has 3 N–H and O–H groups in total. The first-order chi connectivity index (χ1) is 30.9. The summed E-state index contributed by atoms with van der Waals surface area (Å²) >= 11 is 0. The number of rotatable bonds is 11. The number of carbonyl (C=O) groups is 4. The summed E-state index contributed by atoms with van der Waals surface area (Å²) in [7, 11) is -2.55. The van der Waals surface area contributed by atoms with Crippen molar-refractivity contribution in [2.75, 3.05) is 13.7 Å². The molecule has 20 heteroatoms. The van der Waals surface area contributed by atoms with Gasteiger partial charge in [-0.1, -0.05) is 26.0 Å². The number of allylic oxidation sites excluding steroid dienone is 1. The highest BCUT2D eigenvalue weighted by Crippen LogP contribution is 2.47. The molecule has 16 nitrogen and oxygen atoms in total. The van der Waals surface area contributed by atoms with Gasteiger partial charge in [-0.25, -0.2) is 18.2 Å². The SMILES string of the molecule is COc1ccc2c(O[C@@H]3C[C@H]4C(=O)N[C@]5(C(=O)NS(=O)(=O)C6CC6)C[C@H]5C=CCC[C@H](C)C[C@@H](C)[C@H](N(C(=O)O)C(C)(C)C(F)(F)F)C(=O)N4C3)nc(-c3ccc(OC(C)C)cn3)cc2c1. The lowest BCUT2D eigenvalue weighted by Gasteiger charge is -2.45. The van der Waals surface area contributed by atoms with Crippen LogP contribution < -0.4 is 24.2 Å². The highest BCUT2D eigenvalue weighted by Gasteiger charge is 2.63. The molecular weight excluding hydrogens is 886 g/mol. The normalized spacial score (nSPS) is 26.4. The molecule has 0 bridgehead atoms. The van der Waals surface area contributed by atoms with E-state index in [1.54, 1.807) is 54.7 Å². The van der Waals surface area contributed by atoms with Crippen molar-refractivity contribution in [3.05, 3.63) is 54.7 Å². The second-order valence-electron chi connectivity index (χ2n) is 18.9. The number of methoxy groups -OCH3 is 1. The molecular formula is C46H57F3N6O10S. The number of hydrogen-bond donors (Lipinski definition) is 3. The van der Waals surface area contributed by atoms with Crippen molar-refractivity contribution in [2.24, 2.45) is 17.8 Å². The van der Waals surface area contributed by atoms with Crippen LogP contribution in [0.3, 0.4) is 0 Å². The number of hydrogen-bond acceptors (Lipinski definition) is 11. The summed E-state index contributed by atoms with van der Waals surface area (Å²) in [5.74, 6) is -3.63. The number of alkyl halides is 3. The Kier molecular flexibility index (Phi) is 13.3. The second kappa shape index (κ2) is 18.2. The van der Waals surface area contributed by atoms with Crippen LogP contribution in [0, 0.1) is 17.8 Å². The molecule has 4 heterocycles. The molecule has 2 saturated carbocycles. The Morgan fingerprint density at radius 1 is 1.03 bits per heavy atom. The van der Waals surface area contributed by atoms with Gasteiger partial charge in [0.25, 0.3) is 5.91 Å². The van der Waals surface area contributed by atoms with E-state index in [4.69, 9.17) is 19.2 Å². The molecule has 7 atom stereocenters. The van der Waals surface area contributed by atoms with Crippen LogP contribution in [0.4, 0.5) is 18.0 Å². The van der Waals surface area contributed by atoms with E-state index in [1.165, 1.54) is 14.0 Å². The van der Waals surface area contributed by atoms with Crippen molar-refractivity contribution in [3.63, 3.8) is 0 Å². The Morgan fingerprint density at radius 2 is 1.74 bits per heavy atom. The Morgan fingerprint density at radius 3 is 2.36 bits per heavy atom. The van der Waals surface area contributed by atoms with Gasteiger partial charge in [0.2, 0.25) is 27.7 Å². The van der Waals surface area contributed by atoms with Crippen LogP contribution in [-0.4, -0.2) is 118 Å². The third-order valence-electron chi connectivity index (χ3n) is 13.0. The molecule has 0 radical (unpaired) electrons. The number of benzene rings is 1. The molecule has 0 unspecified atom stereocenters. The number of nitrogens with zero attached hydrogens (tertiary/aromatic N) is 4. The topological polar surface area (TPSA) is 207 Å². The van der Waals surface area contributed by atoms with Gasteiger partial charge < -0.3 is 29.5 Å². The van der Waals surface area contributed by atoms with Crippen LogP contribution in [0.15, 0.2) is 54.7 Å². The third-order valence-corrected chi connectivity index (χ3v) is 14.8. The van der Waals surface area contributed by atoms with Crippen LogP contribution in [0.1, 0.15) is 86.5 Å². The summed E-state index contributed by atoms with van der Waals surface area (Å²) in [5, 5.41) is 13.7. The first kappa shape index (κ1) is 48.3. The lowest BCUT2D eigenvalue weighted by molar-refractivity contribution is -0.222. The van der Waals surface area contributed by atoms with E-state index in [-0.39, 0.29) is 42.1 Å². The summed E-state index contributed by atoms with van der Waals surface area (Å²) in [6.07, 6.45) is -1.59. The van der Waals surface area contributed by atoms with Crippen molar-refractivity contribution in [1.29, 1.82) is 0 Å². The van der Waals surface area contributed by atoms with Crippen LogP contribution in [-0.2, 0) is 24.4 Å². The zero-order chi connectivity index (χ0) is 48.1. The van der Waals surface area contributed by atoms with Crippen molar-refractivity contribution in [3.8, 4) is 28.8 Å². The summed E-state index contributed by atoms with van der Waals surface area (Å²) in [6.45, 7) is 8.10. The number of amides is 4. The maximum absolute atomic E-state index is 15.2. The monoisotopic (exact) mass is 942 g/mol. The Balaban J connectivity index is 1.31. The van der Waals surface area contributed by atoms with E-state index in [9.17, 15) is 41.1 Å². The van der Waals surface area contributed by atoms with Crippen LogP contribution >= 0.6 is 0 Å². The van der Waals surface area contributed by atoms with Crippen molar-refractivity contribution >= 4 is 44.6 Å².